The molecule has 0 aliphatic carbocycles. The molecule has 1 heterocycles. The van der Waals surface area contributed by atoms with Gasteiger partial charge in [-0.25, -0.2) is 8.78 Å². The van der Waals surface area contributed by atoms with Gasteiger partial charge in [0.1, 0.15) is 11.6 Å². The van der Waals surface area contributed by atoms with E-state index in [1.54, 1.807) is 6.07 Å². The summed E-state index contributed by atoms with van der Waals surface area (Å²) in [7, 11) is 0. The molecule has 1 N–H and O–H groups in total. The standard InChI is InChI=1S/C16H11F2NO/c1-9-5-6-14-10(7-9)11(8-20)16(19-14)15-12(17)3-2-4-13(15)18/h2-8,19H,1H3. The molecular weight excluding hydrogens is 260 g/mol. The summed E-state index contributed by atoms with van der Waals surface area (Å²) in [6.07, 6.45) is 0.624. The minimum absolute atomic E-state index is 0.177. The minimum Gasteiger partial charge on any atom is -0.354 e. The van der Waals surface area contributed by atoms with Gasteiger partial charge in [-0.05, 0) is 31.2 Å². The highest BCUT2D eigenvalue weighted by Crippen LogP contribution is 2.32. The van der Waals surface area contributed by atoms with E-state index in [0.717, 1.165) is 5.56 Å². The van der Waals surface area contributed by atoms with Crippen LogP contribution in [0.15, 0.2) is 36.4 Å². The number of halogens is 2. The van der Waals surface area contributed by atoms with E-state index in [4.69, 9.17) is 0 Å². The number of nitrogens with one attached hydrogen (secondary N) is 1. The van der Waals surface area contributed by atoms with E-state index >= 15 is 0 Å². The number of carbonyl (C=O) groups excluding carboxylic acids is 1. The number of H-pyrrole nitrogens is 1. The first kappa shape index (κ1) is 12.5. The monoisotopic (exact) mass is 271 g/mol. The van der Waals surface area contributed by atoms with Gasteiger partial charge in [0.2, 0.25) is 0 Å². The molecule has 3 rings (SSSR count). The summed E-state index contributed by atoms with van der Waals surface area (Å²) in [6.45, 7) is 1.89. The number of hydrogen-bond acceptors (Lipinski definition) is 1. The van der Waals surface area contributed by atoms with Gasteiger partial charge < -0.3 is 4.98 Å². The van der Waals surface area contributed by atoms with Crippen molar-refractivity contribution in [1.82, 2.24) is 4.98 Å². The molecule has 0 saturated heterocycles. The molecule has 0 amide bonds. The number of aromatic amines is 1. The molecule has 1 aromatic heterocycles. The Morgan fingerprint density at radius 3 is 2.45 bits per heavy atom. The Morgan fingerprint density at radius 2 is 1.80 bits per heavy atom. The molecule has 0 bridgehead atoms. The van der Waals surface area contributed by atoms with Crippen LogP contribution in [0.2, 0.25) is 0 Å². The normalized spacial score (nSPS) is 10.9. The molecule has 0 aliphatic rings. The summed E-state index contributed by atoms with van der Waals surface area (Å²) in [5, 5.41) is 0.664. The molecule has 4 heteroatoms. The molecule has 0 radical (unpaired) electrons. The Hall–Kier alpha value is -2.49. The van der Waals surface area contributed by atoms with E-state index in [9.17, 15) is 13.6 Å². The Bertz CT molecular complexity index is 800. The SMILES string of the molecule is Cc1ccc2[nH]c(-c3c(F)cccc3F)c(C=O)c2c1. The predicted octanol–water partition coefficient (Wildman–Crippen LogP) is 4.23. The van der Waals surface area contributed by atoms with Crippen LogP contribution in [0.4, 0.5) is 8.78 Å². The highest BCUT2D eigenvalue weighted by molar-refractivity contribution is 6.04. The van der Waals surface area contributed by atoms with Crippen molar-refractivity contribution < 1.29 is 13.6 Å². The fourth-order valence-electron chi connectivity index (χ4n) is 2.38. The maximum absolute atomic E-state index is 13.9. The lowest BCUT2D eigenvalue weighted by Gasteiger charge is -2.03. The van der Waals surface area contributed by atoms with Crippen molar-refractivity contribution in [2.75, 3.05) is 0 Å². The Kier molecular flexibility index (Phi) is 2.86. The van der Waals surface area contributed by atoms with Crippen LogP contribution >= 0.6 is 0 Å². The maximum Gasteiger partial charge on any atom is 0.152 e. The van der Waals surface area contributed by atoms with Gasteiger partial charge in [0.05, 0.1) is 11.3 Å². The second-order valence-corrected chi connectivity index (χ2v) is 4.68. The third-order valence-electron chi connectivity index (χ3n) is 3.32. The predicted molar refractivity (Wildman–Crippen MR) is 73.8 cm³/mol. The maximum atomic E-state index is 13.9. The molecule has 100 valence electrons. The lowest BCUT2D eigenvalue weighted by atomic mass is 10.0. The fraction of sp³-hybridized carbons (Fsp3) is 0.0625. The molecule has 2 aromatic carbocycles. The van der Waals surface area contributed by atoms with Crippen molar-refractivity contribution in [3.8, 4) is 11.3 Å². The molecule has 2 nitrogen and oxygen atoms in total. The molecule has 0 fully saturated rings. The fourth-order valence-corrected chi connectivity index (χ4v) is 2.38. The van der Waals surface area contributed by atoms with Gasteiger partial charge in [-0.3, -0.25) is 4.79 Å². The zero-order valence-electron chi connectivity index (χ0n) is 10.7. The van der Waals surface area contributed by atoms with Crippen LogP contribution in [-0.2, 0) is 0 Å². The van der Waals surface area contributed by atoms with Gasteiger partial charge >= 0.3 is 0 Å². The smallest absolute Gasteiger partial charge is 0.152 e. The van der Waals surface area contributed by atoms with Crippen LogP contribution in [0.25, 0.3) is 22.2 Å². The molecule has 20 heavy (non-hydrogen) atoms. The van der Waals surface area contributed by atoms with Gasteiger partial charge in [-0.2, -0.15) is 0 Å². The van der Waals surface area contributed by atoms with E-state index in [-0.39, 0.29) is 16.8 Å². The second kappa shape index (κ2) is 4.56. The van der Waals surface area contributed by atoms with Crippen molar-refractivity contribution >= 4 is 17.2 Å². The summed E-state index contributed by atoms with van der Waals surface area (Å²) < 4.78 is 27.8. The summed E-state index contributed by atoms with van der Waals surface area (Å²) >= 11 is 0. The lowest BCUT2D eigenvalue weighted by molar-refractivity contribution is 0.112. The highest BCUT2D eigenvalue weighted by Gasteiger charge is 2.19. The average Bonchev–Trinajstić information content (AvgIpc) is 2.76. The number of fused-ring (bicyclic) bond motifs is 1. The largest absolute Gasteiger partial charge is 0.354 e. The molecular formula is C16H11F2NO. The van der Waals surface area contributed by atoms with Crippen molar-refractivity contribution in [3.63, 3.8) is 0 Å². The van der Waals surface area contributed by atoms with Crippen LogP contribution in [0.3, 0.4) is 0 Å². The van der Waals surface area contributed by atoms with Gasteiger partial charge in [0.15, 0.2) is 6.29 Å². The van der Waals surface area contributed by atoms with Gasteiger partial charge in [0, 0.05) is 16.5 Å². The summed E-state index contributed by atoms with van der Waals surface area (Å²) in [5.74, 6) is -1.40. The molecule has 0 unspecified atom stereocenters. The Balaban J connectivity index is 2.40. The first-order valence-corrected chi connectivity index (χ1v) is 6.13. The van der Waals surface area contributed by atoms with Crippen molar-refractivity contribution in [1.29, 1.82) is 0 Å². The van der Waals surface area contributed by atoms with E-state index in [2.05, 4.69) is 4.98 Å². The van der Waals surface area contributed by atoms with Crippen LogP contribution in [-0.4, -0.2) is 11.3 Å². The number of hydrogen-bond donors (Lipinski definition) is 1. The average molecular weight is 271 g/mol. The van der Waals surface area contributed by atoms with Crippen molar-refractivity contribution in [2.45, 2.75) is 6.92 Å². The van der Waals surface area contributed by atoms with Gasteiger partial charge in [-0.15, -0.1) is 0 Å². The summed E-state index contributed by atoms with van der Waals surface area (Å²) in [4.78, 5) is 14.3. The number of rotatable bonds is 2. The number of aromatic nitrogens is 1. The van der Waals surface area contributed by atoms with Crippen LogP contribution < -0.4 is 0 Å². The third-order valence-corrected chi connectivity index (χ3v) is 3.32. The lowest BCUT2D eigenvalue weighted by Crippen LogP contribution is -1.93. The topological polar surface area (TPSA) is 32.9 Å². The van der Waals surface area contributed by atoms with Crippen LogP contribution in [0.1, 0.15) is 15.9 Å². The quantitative estimate of drug-likeness (QED) is 0.695. The van der Waals surface area contributed by atoms with Crippen LogP contribution in [0, 0.1) is 18.6 Å². The Labute approximate surface area is 114 Å². The van der Waals surface area contributed by atoms with Crippen LogP contribution in [0.5, 0.6) is 0 Å². The van der Waals surface area contributed by atoms with E-state index in [1.165, 1.54) is 18.2 Å². The number of aldehydes is 1. The van der Waals surface area contributed by atoms with Gasteiger partial charge in [-0.1, -0.05) is 17.7 Å². The zero-order chi connectivity index (χ0) is 14.3. The zero-order valence-corrected chi connectivity index (χ0v) is 10.7. The summed E-state index contributed by atoms with van der Waals surface area (Å²) in [6, 6.07) is 9.11. The van der Waals surface area contributed by atoms with Crippen molar-refractivity contribution in [3.05, 3.63) is 59.2 Å². The van der Waals surface area contributed by atoms with Crippen molar-refractivity contribution in [2.24, 2.45) is 0 Å². The first-order valence-electron chi connectivity index (χ1n) is 6.13. The molecule has 0 saturated carbocycles. The molecule has 0 aliphatic heterocycles. The summed E-state index contributed by atoms with van der Waals surface area (Å²) in [5.41, 5.74) is 1.89. The first-order chi connectivity index (χ1) is 9.61. The van der Waals surface area contributed by atoms with E-state index in [0.29, 0.717) is 17.2 Å². The minimum atomic E-state index is -0.698. The Morgan fingerprint density at radius 1 is 1.10 bits per heavy atom. The number of carbonyl (C=O) groups is 1. The van der Waals surface area contributed by atoms with E-state index < -0.39 is 11.6 Å². The molecule has 3 aromatic rings. The number of aryl methyl sites for hydroxylation is 1. The third kappa shape index (κ3) is 1.81. The van der Waals surface area contributed by atoms with E-state index in [1.807, 2.05) is 19.1 Å². The number of benzene rings is 2. The van der Waals surface area contributed by atoms with Gasteiger partial charge in [0.25, 0.3) is 0 Å². The highest BCUT2D eigenvalue weighted by atomic mass is 19.1. The molecule has 0 spiro atoms. The molecule has 0 atom stereocenters. The second-order valence-electron chi connectivity index (χ2n) is 4.68.